The van der Waals surface area contributed by atoms with E-state index >= 15 is 0 Å². The molecular formula is C27H19Cl3N2O4. The van der Waals surface area contributed by atoms with Gasteiger partial charge in [-0.25, -0.2) is 0 Å². The van der Waals surface area contributed by atoms with E-state index in [-0.39, 0.29) is 28.2 Å². The van der Waals surface area contributed by atoms with Crippen LogP contribution in [0.5, 0.6) is 17.2 Å². The van der Waals surface area contributed by atoms with E-state index < -0.39 is 5.91 Å². The lowest BCUT2D eigenvalue weighted by molar-refractivity contribution is -0.118. The van der Waals surface area contributed by atoms with Crippen molar-refractivity contribution >= 4 is 58.0 Å². The minimum Gasteiger partial charge on any atom is -0.484 e. The lowest BCUT2D eigenvalue weighted by Crippen LogP contribution is -2.20. The first kappa shape index (κ1) is 25.4. The van der Waals surface area contributed by atoms with Gasteiger partial charge in [-0.1, -0.05) is 53.0 Å². The normalized spacial score (nSPS) is 10.4. The number of nitrogens with one attached hydrogen (secondary N) is 2. The molecule has 0 aliphatic heterocycles. The second-order valence-corrected chi connectivity index (χ2v) is 8.75. The highest BCUT2D eigenvalue weighted by molar-refractivity contribution is 6.42. The Bertz CT molecular complexity index is 1340. The highest BCUT2D eigenvalue weighted by Crippen LogP contribution is 2.34. The van der Waals surface area contributed by atoms with Crippen molar-refractivity contribution in [2.75, 3.05) is 17.2 Å². The smallest absolute Gasteiger partial charge is 0.262 e. The number of halogens is 3. The van der Waals surface area contributed by atoms with E-state index in [4.69, 9.17) is 44.3 Å². The van der Waals surface area contributed by atoms with Crippen LogP contribution in [0.1, 0.15) is 10.4 Å². The molecule has 0 aliphatic carbocycles. The van der Waals surface area contributed by atoms with Crippen molar-refractivity contribution in [3.05, 3.63) is 112 Å². The first-order valence-corrected chi connectivity index (χ1v) is 11.8. The molecule has 0 saturated heterocycles. The van der Waals surface area contributed by atoms with Crippen molar-refractivity contribution in [1.29, 1.82) is 0 Å². The van der Waals surface area contributed by atoms with Gasteiger partial charge in [0, 0.05) is 16.3 Å². The average Bonchev–Trinajstić information content (AvgIpc) is 2.87. The van der Waals surface area contributed by atoms with Gasteiger partial charge >= 0.3 is 0 Å². The maximum absolute atomic E-state index is 12.5. The summed E-state index contributed by atoms with van der Waals surface area (Å²) in [6, 6.07) is 25.7. The summed E-state index contributed by atoms with van der Waals surface area (Å²) < 4.78 is 11.3. The van der Waals surface area contributed by atoms with E-state index in [1.54, 1.807) is 48.5 Å². The Labute approximate surface area is 222 Å². The molecule has 36 heavy (non-hydrogen) atoms. The van der Waals surface area contributed by atoms with Gasteiger partial charge in [0.2, 0.25) is 0 Å². The first-order chi connectivity index (χ1) is 17.4. The van der Waals surface area contributed by atoms with E-state index in [1.807, 2.05) is 30.3 Å². The fourth-order valence-electron chi connectivity index (χ4n) is 3.13. The van der Waals surface area contributed by atoms with Gasteiger partial charge < -0.3 is 20.1 Å². The molecule has 4 rings (SSSR count). The van der Waals surface area contributed by atoms with Gasteiger partial charge in [0.1, 0.15) is 17.2 Å². The van der Waals surface area contributed by atoms with Gasteiger partial charge in [0.25, 0.3) is 11.8 Å². The summed E-state index contributed by atoms with van der Waals surface area (Å²) in [7, 11) is 0. The van der Waals surface area contributed by atoms with Crippen LogP contribution < -0.4 is 20.1 Å². The van der Waals surface area contributed by atoms with Crippen LogP contribution in [0.3, 0.4) is 0 Å². The van der Waals surface area contributed by atoms with Gasteiger partial charge in [-0.15, -0.1) is 0 Å². The predicted molar refractivity (Wildman–Crippen MR) is 143 cm³/mol. The van der Waals surface area contributed by atoms with E-state index in [0.717, 1.165) is 5.75 Å². The van der Waals surface area contributed by atoms with E-state index in [1.165, 1.54) is 12.1 Å². The molecule has 4 aromatic rings. The van der Waals surface area contributed by atoms with E-state index in [2.05, 4.69) is 10.6 Å². The van der Waals surface area contributed by atoms with Gasteiger partial charge in [0.15, 0.2) is 6.61 Å². The molecule has 0 aromatic heterocycles. The summed E-state index contributed by atoms with van der Waals surface area (Å²) >= 11 is 18.1. The molecule has 9 heteroatoms. The minimum atomic E-state index is -0.412. The third kappa shape index (κ3) is 6.92. The van der Waals surface area contributed by atoms with Crippen molar-refractivity contribution in [2.45, 2.75) is 0 Å². The molecule has 0 bridgehead atoms. The molecule has 0 heterocycles. The highest BCUT2D eigenvalue weighted by Gasteiger charge is 2.13. The number of anilines is 2. The highest BCUT2D eigenvalue weighted by atomic mass is 35.5. The summed E-state index contributed by atoms with van der Waals surface area (Å²) in [5, 5.41) is 6.24. The molecule has 182 valence electrons. The summed E-state index contributed by atoms with van der Waals surface area (Å²) in [6.07, 6.45) is 0. The zero-order valence-electron chi connectivity index (χ0n) is 18.6. The Balaban J connectivity index is 1.27. The third-order valence-corrected chi connectivity index (χ3v) is 5.66. The lowest BCUT2D eigenvalue weighted by Gasteiger charge is -2.11. The molecule has 2 N–H and O–H groups in total. The zero-order valence-corrected chi connectivity index (χ0v) is 20.9. The Kier molecular flexibility index (Phi) is 8.33. The zero-order chi connectivity index (χ0) is 25.5. The number of para-hydroxylation sites is 1. The van der Waals surface area contributed by atoms with E-state index in [9.17, 15) is 9.59 Å². The number of ether oxygens (including phenoxy) is 2. The van der Waals surface area contributed by atoms with Gasteiger partial charge in [0.05, 0.1) is 15.7 Å². The molecular weight excluding hydrogens is 523 g/mol. The van der Waals surface area contributed by atoms with Crippen LogP contribution >= 0.6 is 34.8 Å². The van der Waals surface area contributed by atoms with Crippen molar-refractivity contribution in [2.24, 2.45) is 0 Å². The molecule has 6 nitrogen and oxygen atoms in total. The number of hydrogen-bond acceptors (Lipinski definition) is 4. The van der Waals surface area contributed by atoms with Crippen LogP contribution in [0.25, 0.3) is 0 Å². The van der Waals surface area contributed by atoms with Gasteiger partial charge in [-0.3, -0.25) is 9.59 Å². The molecule has 0 unspecified atom stereocenters. The Morgan fingerprint density at radius 1 is 0.694 bits per heavy atom. The summed E-state index contributed by atoms with van der Waals surface area (Å²) in [5.41, 5.74) is 1.23. The molecule has 0 spiro atoms. The molecule has 0 saturated carbocycles. The minimum absolute atomic E-state index is 0.205. The number of amides is 2. The van der Waals surface area contributed by atoms with Crippen LogP contribution in [0.2, 0.25) is 15.1 Å². The maximum atomic E-state index is 12.5. The Hall–Kier alpha value is -3.71. The standard InChI is InChI=1S/C27H19Cl3N2O4/c28-18-14-23(29)26(24(30)15-18)32-27(34)17-6-10-20(11-7-17)35-16-25(33)31-19-8-12-22(13-9-19)36-21-4-2-1-3-5-21/h1-15H,16H2,(H,31,33)(H,32,34). The van der Waals surface area contributed by atoms with Gasteiger partial charge in [-0.2, -0.15) is 0 Å². The molecule has 0 aliphatic rings. The number of carbonyl (C=O) groups is 2. The molecule has 0 fully saturated rings. The molecule has 2 amide bonds. The average molecular weight is 542 g/mol. The molecule has 0 radical (unpaired) electrons. The number of hydrogen-bond donors (Lipinski definition) is 2. The van der Waals surface area contributed by atoms with Crippen molar-refractivity contribution in [3.8, 4) is 17.2 Å². The molecule has 4 aromatic carbocycles. The SMILES string of the molecule is O=C(COc1ccc(C(=O)Nc2c(Cl)cc(Cl)cc2Cl)cc1)Nc1ccc(Oc2ccccc2)cc1. The first-order valence-electron chi connectivity index (χ1n) is 10.7. The monoisotopic (exact) mass is 540 g/mol. The number of rotatable bonds is 8. The van der Waals surface area contributed by atoms with Gasteiger partial charge in [-0.05, 0) is 72.8 Å². The van der Waals surface area contributed by atoms with Crippen LogP contribution in [-0.4, -0.2) is 18.4 Å². The van der Waals surface area contributed by atoms with Crippen LogP contribution in [0, 0.1) is 0 Å². The predicted octanol–water partition coefficient (Wildman–Crippen LogP) is 7.71. The van der Waals surface area contributed by atoms with Crippen molar-refractivity contribution in [1.82, 2.24) is 0 Å². The van der Waals surface area contributed by atoms with E-state index in [0.29, 0.717) is 27.8 Å². The lowest BCUT2D eigenvalue weighted by atomic mass is 10.2. The fraction of sp³-hybridized carbons (Fsp3) is 0.0370. The Morgan fingerprint density at radius 3 is 1.92 bits per heavy atom. The summed E-state index contributed by atoms with van der Waals surface area (Å²) in [6.45, 7) is -0.205. The largest absolute Gasteiger partial charge is 0.484 e. The maximum Gasteiger partial charge on any atom is 0.262 e. The van der Waals surface area contributed by atoms with Crippen molar-refractivity contribution in [3.63, 3.8) is 0 Å². The summed E-state index contributed by atoms with van der Waals surface area (Å²) in [4.78, 5) is 24.8. The topological polar surface area (TPSA) is 76.7 Å². The van der Waals surface area contributed by atoms with Crippen LogP contribution in [0.4, 0.5) is 11.4 Å². The number of carbonyl (C=O) groups excluding carboxylic acids is 2. The van der Waals surface area contributed by atoms with Crippen molar-refractivity contribution < 1.29 is 19.1 Å². The second-order valence-electron chi connectivity index (χ2n) is 7.50. The quantitative estimate of drug-likeness (QED) is 0.239. The molecule has 0 atom stereocenters. The fourth-order valence-corrected chi connectivity index (χ4v) is 4.04. The Morgan fingerprint density at radius 2 is 1.28 bits per heavy atom. The third-order valence-electron chi connectivity index (χ3n) is 4.85. The number of benzene rings is 4. The second kappa shape index (κ2) is 11.8. The van der Waals surface area contributed by atoms with Crippen LogP contribution in [0.15, 0.2) is 91.0 Å². The van der Waals surface area contributed by atoms with Crippen LogP contribution in [-0.2, 0) is 4.79 Å². The summed E-state index contributed by atoms with van der Waals surface area (Å²) in [5.74, 6) is 1.06.